The molecule has 1 aliphatic rings. The van der Waals surface area contributed by atoms with E-state index in [9.17, 15) is 9.18 Å². The molecule has 0 radical (unpaired) electrons. The molecule has 1 aliphatic carbocycles. The van der Waals surface area contributed by atoms with Crippen LogP contribution >= 0.6 is 0 Å². The Hall–Kier alpha value is -2.42. The zero-order valence-corrected chi connectivity index (χ0v) is 12.0. The lowest BCUT2D eigenvalue weighted by atomic mass is 9.82. The summed E-state index contributed by atoms with van der Waals surface area (Å²) in [6.07, 6.45) is 4.73. The molecule has 2 aromatic rings. The average Bonchev–Trinajstić information content (AvgIpc) is 2.90. The summed E-state index contributed by atoms with van der Waals surface area (Å²) in [7, 11) is 0. The maximum Gasteiger partial charge on any atom is 0.306 e. The topological polar surface area (TPSA) is 78.9 Å². The van der Waals surface area contributed by atoms with Gasteiger partial charge in [-0.3, -0.25) is 9.48 Å². The Morgan fingerprint density at radius 1 is 1.41 bits per heavy atom. The Labute approximate surface area is 127 Å². The van der Waals surface area contributed by atoms with Crippen LogP contribution in [0.4, 0.5) is 4.39 Å². The van der Waals surface area contributed by atoms with Crippen molar-refractivity contribution in [2.45, 2.75) is 32.2 Å². The molecular formula is C16H16FN3O2. The minimum atomic E-state index is -0.714. The molecule has 0 atom stereocenters. The predicted octanol–water partition coefficient (Wildman–Crippen LogP) is 2.94. The van der Waals surface area contributed by atoms with E-state index in [1.165, 1.54) is 6.07 Å². The van der Waals surface area contributed by atoms with Crippen LogP contribution in [0.1, 0.15) is 31.2 Å². The predicted molar refractivity (Wildman–Crippen MR) is 77.5 cm³/mol. The van der Waals surface area contributed by atoms with Crippen molar-refractivity contribution in [3.8, 4) is 6.07 Å². The molecule has 1 aromatic carbocycles. The van der Waals surface area contributed by atoms with E-state index in [1.54, 1.807) is 16.9 Å². The zero-order chi connectivity index (χ0) is 15.7. The monoisotopic (exact) mass is 301 g/mol. The highest BCUT2D eigenvalue weighted by molar-refractivity contribution is 5.80. The highest BCUT2D eigenvalue weighted by Crippen LogP contribution is 2.30. The lowest BCUT2D eigenvalue weighted by molar-refractivity contribution is -0.143. The summed E-state index contributed by atoms with van der Waals surface area (Å²) in [5.41, 5.74) is 0.744. The summed E-state index contributed by atoms with van der Waals surface area (Å²) >= 11 is 0. The number of carbonyl (C=O) groups is 1. The van der Waals surface area contributed by atoms with E-state index >= 15 is 0 Å². The van der Waals surface area contributed by atoms with Crippen molar-refractivity contribution < 1.29 is 14.3 Å². The van der Waals surface area contributed by atoms with Gasteiger partial charge in [0.2, 0.25) is 0 Å². The van der Waals surface area contributed by atoms with Crippen LogP contribution in [0.15, 0.2) is 18.3 Å². The summed E-state index contributed by atoms with van der Waals surface area (Å²) < 4.78 is 15.6. The summed E-state index contributed by atoms with van der Waals surface area (Å²) in [6, 6.07) is 4.72. The summed E-state index contributed by atoms with van der Waals surface area (Å²) in [5, 5.41) is 22.6. The third-order valence-corrected chi connectivity index (χ3v) is 4.39. The molecule has 1 saturated carbocycles. The van der Waals surface area contributed by atoms with Gasteiger partial charge in [0.05, 0.1) is 28.5 Å². The molecule has 22 heavy (non-hydrogen) atoms. The lowest BCUT2D eigenvalue weighted by Gasteiger charge is -2.25. The Balaban J connectivity index is 1.74. The first kappa shape index (κ1) is 14.5. The van der Waals surface area contributed by atoms with Crippen LogP contribution in [0.5, 0.6) is 0 Å². The number of nitrogens with zero attached hydrogens (tertiary/aromatic N) is 3. The molecule has 1 N–H and O–H groups in total. The number of carboxylic acid groups (broad SMARTS) is 1. The van der Waals surface area contributed by atoms with Gasteiger partial charge >= 0.3 is 5.97 Å². The minimum absolute atomic E-state index is 0.233. The first-order valence-corrected chi connectivity index (χ1v) is 7.36. The molecule has 0 spiro atoms. The Morgan fingerprint density at radius 2 is 2.14 bits per heavy atom. The van der Waals surface area contributed by atoms with Gasteiger partial charge < -0.3 is 5.11 Å². The molecule has 1 heterocycles. The summed E-state index contributed by atoms with van der Waals surface area (Å²) in [5.74, 6) is -1.02. The van der Waals surface area contributed by atoms with Crippen LogP contribution in [0.3, 0.4) is 0 Å². The average molecular weight is 301 g/mol. The smallest absolute Gasteiger partial charge is 0.306 e. The zero-order valence-electron chi connectivity index (χ0n) is 12.0. The third kappa shape index (κ3) is 2.80. The Morgan fingerprint density at radius 3 is 2.77 bits per heavy atom. The van der Waals surface area contributed by atoms with E-state index in [0.717, 1.165) is 12.8 Å². The number of rotatable bonds is 3. The second-order valence-electron chi connectivity index (χ2n) is 5.91. The van der Waals surface area contributed by atoms with E-state index in [-0.39, 0.29) is 11.5 Å². The maximum absolute atomic E-state index is 13.9. The van der Waals surface area contributed by atoms with E-state index in [2.05, 4.69) is 5.10 Å². The van der Waals surface area contributed by atoms with Crippen LogP contribution < -0.4 is 0 Å². The maximum atomic E-state index is 13.9. The first-order valence-electron chi connectivity index (χ1n) is 7.36. The van der Waals surface area contributed by atoms with E-state index in [4.69, 9.17) is 10.4 Å². The number of aromatic nitrogens is 2. The number of benzene rings is 1. The second-order valence-corrected chi connectivity index (χ2v) is 5.91. The summed E-state index contributed by atoms with van der Waals surface area (Å²) in [6.45, 7) is 0.655. The van der Waals surface area contributed by atoms with Crippen molar-refractivity contribution >= 4 is 16.9 Å². The van der Waals surface area contributed by atoms with Crippen LogP contribution in [-0.4, -0.2) is 20.9 Å². The van der Waals surface area contributed by atoms with Crippen molar-refractivity contribution in [3.05, 3.63) is 29.7 Å². The van der Waals surface area contributed by atoms with Gasteiger partial charge in [-0.2, -0.15) is 10.4 Å². The Kier molecular flexibility index (Phi) is 3.80. The van der Waals surface area contributed by atoms with Gasteiger partial charge in [-0.15, -0.1) is 0 Å². The number of fused-ring (bicyclic) bond motifs is 1. The molecule has 1 aromatic heterocycles. The van der Waals surface area contributed by atoms with Gasteiger partial charge in [-0.05, 0) is 43.7 Å². The molecule has 0 saturated heterocycles. The van der Waals surface area contributed by atoms with Gasteiger partial charge in [-0.25, -0.2) is 4.39 Å². The molecule has 1 fully saturated rings. The van der Waals surface area contributed by atoms with Crippen LogP contribution in [0.25, 0.3) is 10.9 Å². The number of halogens is 1. The fourth-order valence-electron chi connectivity index (χ4n) is 3.14. The largest absolute Gasteiger partial charge is 0.481 e. The van der Waals surface area contributed by atoms with Crippen LogP contribution in [0.2, 0.25) is 0 Å². The van der Waals surface area contributed by atoms with E-state index in [1.807, 2.05) is 6.07 Å². The normalized spacial score (nSPS) is 21.6. The molecule has 0 amide bonds. The van der Waals surface area contributed by atoms with Crippen LogP contribution in [0, 0.1) is 29.0 Å². The first-order chi connectivity index (χ1) is 10.6. The SMILES string of the molecule is N#Cc1cc(F)c2cn(C[C@H]3CC[C@H](C(=O)O)CC3)nc2c1. The number of hydrogen-bond donors (Lipinski definition) is 1. The standard InChI is InChI=1S/C16H16FN3O2/c17-14-5-11(7-18)6-15-13(14)9-20(19-15)8-10-1-3-12(4-2-10)16(21)22/h5-6,9-10,12H,1-4,8H2,(H,21,22)/t10-,12-. The highest BCUT2D eigenvalue weighted by atomic mass is 19.1. The van der Waals surface area contributed by atoms with Crippen molar-refractivity contribution in [1.29, 1.82) is 5.26 Å². The molecule has 0 unspecified atom stereocenters. The quantitative estimate of drug-likeness (QED) is 0.945. The molecular weight excluding hydrogens is 285 g/mol. The van der Waals surface area contributed by atoms with Crippen molar-refractivity contribution in [3.63, 3.8) is 0 Å². The lowest BCUT2D eigenvalue weighted by Crippen LogP contribution is -2.23. The molecule has 6 heteroatoms. The van der Waals surface area contributed by atoms with Crippen LogP contribution in [-0.2, 0) is 11.3 Å². The molecule has 3 rings (SSSR count). The molecule has 0 aliphatic heterocycles. The van der Waals surface area contributed by atoms with Crippen molar-refractivity contribution in [2.24, 2.45) is 11.8 Å². The van der Waals surface area contributed by atoms with Gasteiger partial charge in [0.1, 0.15) is 5.82 Å². The fraction of sp³-hybridized carbons (Fsp3) is 0.438. The second kappa shape index (κ2) is 5.76. The molecule has 5 nitrogen and oxygen atoms in total. The van der Waals surface area contributed by atoms with Gasteiger partial charge in [-0.1, -0.05) is 0 Å². The highest BCUT2D eigenvalue weighted by Gasteiger charge is 2.26. The van der Waals surface area contributed by atoms with Gasteiger partial charge in [0.25, 0.3) is 0 Å². The Bertz CT molecular complexity index is 755. The molecule has 0 bridgehead atoms. The van der Waals surface area contributed by atoms with Gasteiger partial charge in [0, 0.05) is 12.7 Å². The van der Waals surface area contributed by atoms with Crippen molar-refractivity contribution in [2.75, 3.05) is 0 Å². The minimum Gasteiger partial charge on any atom is -0.481 e. The number of carboxylic acids is 1. The fourth-order valence-corrected chi connectivity index (χ4v) is 3.14. The van der Waals surface area contributed by atoms with Gasteiger partial charge in [0.15, 0.2) is 0 Å². The number of aliphatic carboxylic acids is 1. The third-order valence-electron chi connectivity index (χ3n) is 4.39. The van der Waals surface area contributed by atoms with E-state index < -0.39 is 11.8 Å². The van der Waals surface area contributed by atoms with Crippen molar-refractivity contribution in [1.82, 2.24) is 9.78 Å². The number of nitriles is 1. The molecule has 114 valence electrons. The summed E-state index contributed by atoms with van der Waals surface area (Å²) in [4.78, 5) is 10.9. The van der Waals surface area contributed by atoms with E-state index in [0.29, 0.717) is 36.2 Å². The number of hydrogen-bond acceptors (Lipinski definition) is 3.